The van der Waals surface area contributed by atoms with Crippen molar-refractivity contribution in [3.05, 3.63) is 34.3 Å². The van der Waals surface area contributed by atoms with Crippen LogP contribution in [0.25, 0.3) is 0 Å². The summed E-state index contributed by atoms with van der Waals surface area (Å²) in [7, 11) is 0. The molecule has 1 aromatic carbocycles. The lowest BCUT2D eigenvalue weighted by atomic mass is 9.94. The van der Waals surface area contributed by atoms with Gasteiger partial charge in [0.1, 0.15) is 11.1 Å². The summed E-state index contributed by atoms with van der Waals surface area (Å²) in [5, 5.41) is 0. The molecule has 4 heteroatoms. The Morgan fingerprint density at radius 3 is 2.17 bits per heavy atom. The lowest BCUT2D eigenvalue weighted by Crippen LogP contribution is -2.50. The van der Waals surface area contributed by atoms with Crippen molar-refractivity contribution in [1.82, 2.24) is 0 Å². The van der Waals surface area contributed by atoms with E-state index in [9.17, 15) is 4.79 Å². The quantitative estimate of drug-likeness (QED) is 0.873. The average molecular weight is 314 g/mol. The number of hydrogen-bond donors (Lipinski definition) is 1. The zero-order valence-electron chi connectivity index (χ0n) is 11.3. The van der Waals surface area contributed by atoms with Gasteiger partial charge in [0.15, 0.2) is 0 Å². The first-order valence-corrected chi connectivity index (χ1v) is 6.66. The third-order valence-electron chi connectivity index (χ3n) is 2.35. The number of benzene rings is 1. The molecule has 0 aliphatic rings. The van der Waals surface area contributed by atoms with Crippen molar-refractivity contribution in [3.63, 3.8) is 0 Å². The van der Waals surface area contributed by atoms with E-state index in [0.717, 1.165) is 10.0 Å². The highest BCUT2D eigenvalue weighted by Crippen LogP contribution is 2.18. The van der Waals surface area contributed by atoms with E-state index in [2.05, 4.69) is 15.9 Å². The molecule has 0 saturated heterocycles. The third-order valence-corrected chi connectivity index (χ3v) is 2.88. The Kier molecular flexibility index (Phi) is 4.56. The van der Waals surface area contributed by atoms with Crippen LogP contribution in [0.2, 0.25) is 0 Å². The molecular weight excluding hydrogens is 294 g/mol. The van der Waals surface area contributed by atoms with E-state index in [1.807, 2.05) is 45.0 Å². The molecule has 0 radical (unpaired) electrons. The molecule has 0 spiro atoms. The van der Waals surface area contributed by atoms with Crippen LogP contribution >= 0.6 is 15.9 Å². The summed E-state index contributed by atoms with van der Waals surface area (Å²) >= 11 is 3.37. The van der Waals surface area contributed by atoms with Crippen LogP contribution in [-0.4, -0.2) is 17.1 Å². The number of carbonyl (C=O) groups excluding carboxylic acids is 1. The second kappa shape index (κ2) is 5.41. The van der Waals surface area contributed by atoms with Gasteiger partial charge in [-0.25, -0.2) is 0 Å². The van der Waals surface area contributed by atoms with Gasteiger partial charge < -0.3 is 10.5 Å². The Morgan fingerprint density at radius 1 is 1.22 bits per heavy atom. The number of ether oxygens (including phenoxy) is 1. The molecule has 3 nitrogen and oxygen atoms in total. The molecule has 0 amide bonds. The van der Waals surface area contributed by atoms with E-state index in [1.165, 1.54) is 0 Å². The van der Waals surface area contributed by atoms with Crippen molar-refractivity contribution in [2.45, 2.75) is 45.3 Å². The summed E-state index contributed by atoms with van der Waals surface area (Å²) in [6, 6.07) is 7.75. The van der Waals surface area contributed by atoms with Crippen LogP contribution in [0.3, 0.4) is 0 Å². The van der Waals surface area contributed by atoms with Gasteiger partial charge in [-0.15, -0.1) is 0 Å². The average Bonchev–Trinajstić information content (AvgIpc) is 2.18. The van der Waals surface area contributed by atoms with Gasteiger partial charge in [-0.05, 0) is 45.4 Å². The Labute approximate surface area is 117 Å². The minimum Gasteiger partial charge on any atom is -0.459 e. The molecular formula is C14H20BrNO2. The van der Waals surface area contributed by atoms with E-state index >= 15 is 0 Å². The van der Waals surface area contributed by atoms with E-state index in [0.29, 0.717) is 6.42 Å². The van der Waals surface area contributed by atoms with Crippen LogP contribution in [0.15, 0.2) is 28.7 Å². The summed E-state index contributed by atoms with van der Waals surface area (Å²) in [4.78, 5) is 12.0. The molecule has 18 heavy (non-hydrogen) atoms. The molecule has 1 rings (SSSR count). The predicted molar refractivity (Wildman–Crippen MR) is 76.3 cm³/mol. The first kappa shape index (κ1) is 15.2. The lowest BCUT2D eigenvalue weighted by molar-refractivity contribution is -0.160. The Hall–Kier alpha value is -0.870. The topological polar surface area (TPSA) is 52.3 Å². The van der Waals surface area contributed by atoms with Crippen molar-refractivity contribution in [3.8, 4) is 0 Å². The smallest absolute Gasteiger partial charge is 0.326 e. The molecule has 0 aliphatic heterocycles. The van der Waals surface area contributed by atoms with E-state index < -0.39 is 11.1 Å². The fourth-order valence-corrected chi connectivity index (χ4v) is 1.76. The maximum atomic E-state index is 12.0. The molecule has 0 aliphatic carbocycles. The summed E-state index contributed by atoms with van der Waals surface area (Å²) in [6.45, 7) is 7.20. The van der Waals surface area contributed by atoms with Gasteiger partial charge in [-0.2, -0.15) is 0 Å². The van der Waals surface area contributed by atoms with E-state index in [4.69, 9.17) is 10.5 Å². The molecule has 2 N–H and O–H groups in total. The third kappa shape index (κ3) is 4.78. The summed E-state index contributed by atoms with van der Waals surface area (Å²) in [6.07, 6.45) is 0.454. The Balaban J connectivity index is 2.75. The highest BCUT2D eigenvalue weighted by atomic mass is 79.9. The fraction of sp³-hybridized carbons (Fsp3) is 0.500. The number of rotatable bonds is 3. The molecule has 1 aromatic rings. The van der Waals surface area contributed by atoms with E-state index in [1.54, 1.807) is 6.92 Å². The number of nitrogens with two attached hydrogens (primary N) is 1. The molecule has 1 atom stereocenters. The molecule has 0 heterocycles. The molecule has 0 unspecified atom stereocenters. The van der Waals surface area contributed by atoms with Crippen LogP contribution in [0.1, 0.15) is 33.3 Å². The van der Waals surface area contributed by atoms with Crippen LogP contribution in [0.5, 0.6) is 0 Å². The summed E-state index contributed by atoms with van der Waals surface area (Å²) in [5.74, 6) is -0.377. The number of hydrogen-bond acceptors (Lipinski definition) is 3. The van der Waals surface area contributed by atoms with Crippen molar-refractivity contribution < 1.29 is 9.53 Å². The largest absolute Gasteiger partial charge is 0.459 e. The van der Waals surface area contributed by atoms with Crippen LogP contribution in [0.4, 0.5) is 0 Å². The minimum absolute atomic E-state index is 0.377. The van der Waals surface area contributed by atoms with Gasteiger partial charge in [-0.3, -0.25) is 4.79 Å². The first-order valence-electron chi connectivity index (χ1n) is 5.87. The summed E-state index contributed by atoms with van der Waals surface area (Å²) < 4.78 is 6.33. The molecule has 0 fully saturated rings. The van der Waals surface area contributed by atoms with Crippen molar-refractivity contribution in [2.24, 2.45) is 5.73 Å². The minimum atomic E-state index is -1.01. The fourth-order valence-electron chi connectivity index (χ4n) is 1.49. The van der Waals surface area contributed by atoms with Crippen molar-refractivity contribution >= 4 is 21.9 Å². The van der Waals surface area contributed by atoms with Crippen LogP contribution in [0, 0.1) is 0 Å². The second-order valence-electron chi connectivity index (χ2n) is 5.72. The zero-order chi connectivity index (χ0) is 14.0. The standard InChI is InChI=1S/C14H20BrNO2/c1-13(2,3)18-12(17)14(4,16)9-10-5-7-11(15)8-6-10/h5-8H,9,16H2,1-4H3/t14-/m1/s1. The normalized spacial score (nSPS) is 15.0. The Bertz CT molecular complexity index is 418. The van der Waals surface area contributed by atoms with Crippen LogP contribution in [-0.2, 0) is 16.0 Å². The molecule has 0 bridgehead atoms. The molecule has 0 aromatic heterocycles. The van der Waals surface area contributed by atoms with Gasteiger partial charge in [0.25, 0.3) is 0 Å². The highest BCUT2D eigenvalue weighted by Gasteiger charge is 2.33. The van der Waals surface area contributed by atoms with Crippen molar-refractivity contribution in [1.29, 1.82) is 0 Å². The summed E-state index contributed by atoms with van der Waals surface area (Å²) in [5.41, 5.74) is 5.53. The number of carbonyl (C=O) groups is 1. The number of esters is 1. The second-order valence-corrected chi connectivity index (χ2v) is 6.64. The van der Waals surface area contributed by atoms with Gasteiger partial charge >= 0.3 is 5.97 Å². The monoisotopic (exact) mass is 313 g/mol. The van der Waals surface area contributed by atoms with Gasteiger partial charge in [0, 0.05) is 10.9 Å². The van der Waals surface area contributed by atoms with Crippen molar-refractivity contribution in [2.75, 3.05) is 0 Å². The highest BCUT2D eigenvalue weighted by molar-refractivity contribution is 9.10. The number of halogens is 1. The van der Waals surface area contributed by atoms with Gasteiger partial charge in [-0.1, -0.05) is 28.1 Å². The van der Waals surface area contributed by atoms with Crippen LogP contribution < -0.4 is 5.73 Å². The zero-order valence-corrected chi connectivity index (χ0v) is 12.9. The van der Waals surface area contributed by atoms with Gasteiger partial charge in [0.05, 0.1) is 0 Å². The first-order chi connectivity index (χ1) is 8.10. The van der Waals surface area contributed by atoms with E-state index in [-0.39, 0.29) is 5.97 Å². The maximum absolute atomic E-state index is 12.0. The lowest BCUT2D eigenvalue weighted by Gasteiger charge is -2.28. The van der Waals surface area contributed by atoms with Gasteiger partial charge in [0.2, 0.25) is 0 Å². The SMILES string of the molecule is CC(C)(C)OC(=O)[C@](C)(N)Cc1ccc(Br)cc1. The predicted octanol–water partition coefficient (Wildman–Crippen LogP) is 3.05. The molecule has 100 valence electrons. The Morgan fingerprint density at radius 2 is 1.72 bits per heavy atom. The molecule has 0 saturated carbocycles. The maximum Gasteiger partial charge on any atom is 0.326 e.